The second kappa shape index (κ2) is 8.77. The highest BCUT2D eigenvalue weighted by atomic mass is 79.9. The lowest BCUT2D eigenvalue weighted by atomic mass is 9.77. The number of carbonyl (C=O) groups is 2. The van der Waals surface area contributed by atoms with Crippen LogP contribution in [0.3, 0.4) is 0 Å². The number of pyridine rings is 1. The van der Waals surface area contributed by atoms with Gasteiger partial charge in [0.2, 0.25) is 0 Å². The van der Waals surface area contributed by atoms with Gasteiger partial charge in [-0.2, -0.15) is 10.1 Å². The molecule has 1 aliphatic rings. The van der Waals surface area contributed by atoms with Crippen LogP contribution in [0.1, 0.15) is 50.1 Å². The summed E-state index contributed by atoms with van der Waals surface area (Å²) in [5.41, 5.74) is 7.62. The third-order valence-electron chi connectivity index (χ3n) is 6.48. The number of aromatic nitrogens is 4. The molecular formula is C24H26BrN7O4. The largest absolute Gasteiger partial charge is 0.465 e. The van der Waals surface area contributed by atoms with Crippen molar-refractivity contribution in [2.45, 2.75) is 45.7 Å². The van der Waals surface area contributed by atoms with E-state index < -0.39 is 12.0 Å². The highest BCUT2D eigenvalue weighted by Gasteiger charge is 2.44. The molecule has 0 bridgehead atoms. The summed E-state index contributed by atoms with van der Waals surface area (Å²) in [6, 6.07) is 6.46. The fourth-order valence-corrected chi connectivity index (χ4v) is 5.46. The van der Waals surface area contributed by atoms with Crippen molar-refractivity contribution in [1.29, 1.82) is 0 Å². The van der Waals surface area contributed by atoms with E-state index in [1.54, 1.807) is 29.1 Å². The summed E-state index contributed by atoms with van der Waals surface area (Å²) in [7, 11) is 0. The van der Waals surface area contributed by atoms with E-state index in [1.807, 2.05) is 26.8 Å². The first-order chi connectivity index (χ1) is 17.0. The number of halogens is 1. The van der Waals surface area contributed by atoms with E-state index in [-0.39, 0.29) is 35.0 Å². The predicted molar refractivity (Wildman–Crippen MR) is 138 cm³/mol. The first kappa shape index (κ1) is 24.0. The lowest BCUT2D eigenvalue weighted by Gasteiger charge is -2.46. The highest BCUT2D eigenvalue weighted by molar-refractivity contribution is 9.10. The number of piperidine rings is 1. The van der Waals surface area contributed by atoms with Gasteiger partial charge in [0.1, 0.15) is 11.3 Å². The van der Waals surface area contributed by atoms with Crippen molar-refractivity contribution in [3.63, 3.8) is 0 Å². The van der Waals surface area contributed by atoms with Gasteiger partial charge in [-0.05, 0) is 42.5 Å². The van der Waals surface area contributed by atoms with Crippen LogP contribution in [-0.4, -0.2) is 54.3 Å². The molecule has 11 nitrogen and oxygen atoms in total. The van der Waals surface area contributed by atoms with Crippen LogP contribution in [0, 0.1) is 5.41 Å². The number of nitrogen functional groups attached to an aromatic ring is 1. The van der Waals surface area contributed by atoms with Crippen LogP contribution in [0.25, 0.3) is 22.0 Å². The minimum Gasteiger partial charge on any atom is -0.465 e. The fourth-order valence-electron chi connectivity index (χ4n) is 5.12. The van der Waals surface area contributed by atoms with Gasteiger partial charge in [0, 0.05) is 17.2 Å². The maximum absolute atomic E-state index is 13.4. The van der Waals surface area contributed by atoms with Crippen LogP contribution in [-0.2, 0) is 0 Å². The normalized spacial score (nSPS) is 18.6. The van der Waals surface area contributed by atoms with Gasteiger partial charge < -0.3 is 20.2 Å². The summed E-state index contributed by atoms with van der Waals surface area (Å²) in [5, 5.41) is 17.7. The molecule has 4 aromatic rings. The number of hydrogen-bond acceptors (Lipinski definition) is 7. The van der Waals surface area contributed by atoms with Crippen molar-refractivity contribution in [3.05, 3.63) is 40.6 Å². The van der Waals surface area contributed by atoms with Crippen LogP contribution in [0.2, 0.25) is 0 Å². The number of carbonyl (C=O) groups excluding carboxylic acids is 1. The molecule has 0 aliphatic carbocycles. The Labute approximate surface area is 214 Å². The minimum absolute atomic E-state index is 0.0283. The molecule has 0 saturated carbocycles. The Morgan fingerprint density at radius 1 is 1.28 bits per heavy atom. The Balaban J connectivity index is 1.58. The number of oxazole rings is 1. The summed E-state index contributed by atoms with van der Waals surface area (Å²) < 4.78 is 8.24. The van der Waals surface area contributed by atoms with Crippen LogP contribution in [0.4, 0.5) is 16.6 Å². The van der Waals surface area contributed by atoms with Gasteiger partial charge in [0.15, 0.2) is 11.3 Å². The quantitative estimate of drug-likeness (QED) is 0.322. The van der Waals surface area contributed by atoms with Crippen LogP contribution in [0.15, 0.2) is 39.4 Å². The zero-order valence-electron chi connectivity index (χ0n) is 20.0. The molecule has 0 radical (unpaired) electrons. The van der Waals surface area contributed by atoms with Gasteiger partial charge in [-0.25, -0.2) is 9.78 Å². The molecule has 12 heteroatoms. The van der Waals surface area contributed by atoms with Gasteiger partial charge in [-0.1, -0.05) is 36.7 Å². The van der Waals surface area contributed by atoms with E-state index in [1.165, 1.54) is 4.90 Å². The summed E-state index contributed by atoms with van der Waals surface area (Å²) in [6.07, 6.45) is 1.95. The third kappa shape index (κ3) is 4.15. The molecule has 1 fully saturated rings. The van der Waals surface area contributed by atoms with E-state index in [4.69, 9.17) is 10.2 Å². The van der Waals surface area contributed by atoms with E-state index in [0.29, 0.717) is 41.4 Å². The smallest absolute Gasteiger partial charge is 0.407 e. The number of hydrogen-bond donors (Lipinski definition) is 3. The number of nitrogens with zero attached hydrogens (tertiary/aromatic N) is 5. The average molecular weight is 556 g/mol. The molecule has 1 aliphatic heterocycles. The summed E-state index contributed by atoms with van der Waals surface area (Å²) >= 11 is 3.39. The number of nitrogens with one attached hydrogen (secondary N) is 1. The van der Waals surface area contributed by atoms with Gasteiger partial charge in [-0.15, -0.1) is 0 Å². The Bertz CT molecular complexity index is 1490. The topological polar surface area (TPSA) is 152 Å². The maximum Gasteiger partial charge on any atom is 0.407 e. The number of nitrogens with two attached hydrogens (primary N) is 1. The van der Waals surface area contributed by atoms with Gasteiger partial charge in [-0.3, -0.25) is 14.8 Å². The van der Waals surface area contributed by atoms with Crippen molar-refractivity contribution >= 4 is 61.8 Å². The first-order valence-electron chi connectivity index (χ1n) is 11.5. The molecule has 2 amide bonds. The Hall–Kier alpha value is -3.67. The fraction of sp³-hybridized carbons (Fsp3) is 0.375. The molecule has 1 saturated heterocycles. The number of anilines is 2. The van der Waals surface area contributed by atoms with Crippen LogP contribution in [0.5, 0.6) is 0 Å². The standard InChI is InChI=1S/C24H26BrN7O4/c1-24(2,3)19-15(5-4-10-31(19)23(34)35)32-14-8-9-27-20(26)17(14)18(30-32)21(33)29-22-28-13-7-6-12(25)11-16(13)36-22/h6-9,11,15,19H,4-5,10H2,1-3H3,(H2,26,27)(H,34,35)(H,28,29,33). The molecule has 0 spiro atoms. The number of benzene rings is 1. The van der Waals surface area contributed by atoms with Crippen molar-refractivity contribution in [2.75, 3.05) is 17.6 Å². The van der Waals surface area contributed by atoms with Crippen molar-refractivity contribution < 1.29 is 19.1 Å². The summed E-state index contributed by atoms with van der Waals surface area (Å²) in [6.45, 7) is 6.46. The molecule has 4 N–H and O–H groups in total. The van der Waals surface area contributed by atoms with E-state index in [2.05, 4.69) is 36.3 Å². The second-order valence-corrected chi connectivity index (χ2v) is 10.9. The molecule has 3 aromatic heterocycles. The maximum atomic E-state index is 13.4. The molecule has 4 heterocycles. The summed E-state index contributed by atoms with van der Waals surface area (Å²) in [4.78, 5) is 35.4. The molecule has 1 aromatic carbocycles. The molecule has 36 heavy (non-hydrogen) atoms. The first-order valence-corrected chi connectivity index (χ1v) is 12.3. The zero-order chi connectivity index (χ0) is 25.8. The molecule has 2 unspecified atom stereocenters. The molecule has 188 valence electrons. The molecule has 2 atom stereocenters. The van der Waals surface area contributed by atoms with E-state index >= 15 is 0 Å². The zero-order valence-corrected chi connectivity index (χ0v) is 21.6. The molecule has 5 rings (SSSR count). The summed E-state index contributed by atoms with van der Waals surface area (Å²) in [5.74, 6) is -0.397. The Morgan fingerprint density at radius 3 is 2.78 bits per heavy atom. The highest BCUT2D eigenvalue weighted by Crippen LogP contribution is 2.41. The number of carboxylic acid groups (broad SMARTS) is 1. The predicted octanol–water partition coefficient (Wildman–Crippen LogP) is 4.90. The van der Waals surface area contributed by atoms with Crippen LogP contribution >= 0.6 is 15.9 Å². The Morgan fingerprint density at radius 2 is 2.06 bits per heavy atom. The van der Waals surface area contributed by atoms with E-state index in [9.17, 15) is 14.7 Å². The number of likely N-dealkylation sites (tertiary alicyclic amines) is 1. The second-order valence-electron chi connectivity index (χ2n) is 9.97. The minimum atomic E-state index is -0.974. The number of amides is 2. The monoisotopic (exact) mass is 555 g/mol. The average Bonchev–Trinajstić information content (AvgIpc) is 3.39. The van der Waals surface area contributed by atoms with Gasteiger partial charge in [0.25, 0.3) is 5.91 Å². The molecular weight excluding hydrogens is 530 g/mol. The van der Waals surface area contributed by atoms with Crippen molar-refractivity contribution in [2.24, 2.45) is 5.41 Å². The van der Waals surface area contributed by atoms with Crippen LogP contribution < -0.4 is 11.1 Å². The third-order valence-corrected chi connectivity index (χ3v) is 6.98. The lowest BCUT2D eigenvalue weighted by Crippen LogP contribution is -2.54. The Kier molecular flexibility index (Phi) is 5.86. The van der Waals surface area contributed by atoms with E-state index in [0.717, 1.165) is 4.47 Å². The lowest BCUT2D eigenvalue weighted by molar-refractivity contribution is 0.0248. The van der Waals surface area contributed by atoms with Crippen molar-refractivity contribution in [3.8, 4) is 0 Å². The van der Waals surface area contributed by atoms with Gasteiger partial charge >= 0.3 is 12.1 Å². The number of fused-ring (bicyclic) bond motifs is 2. The van der Waals surface area contributed by atoms with Gasteiger partial charge in [0.05, 0.1) is 23.0 Å². The SMILES string of the molecule is CC(C)(C)C1C(n2nc(C(=O)Nc3nc4ccc(Br)cc4o3)c3c(N)nccc32)CCCN1C(=O)O. The number of rotatable bonds is 3. The van der Waals surface area contributed by atoms with Crippen molar-refractivity contribution in [1.82, 2.24) is 24.6 Å².